The fourth-order valence-electron chi connectivity index (χ4n) is 1.73. The molecule has 0 aliphatic carbocycles. The molecule has 0 aliphatic heterocycles. The first-order valence-corrected chi connectivity index (χ1v) is 6.58. The van der Waals surface area contributed by atoms with Crippen molar-refractivity contribution >= 4 is 23.5 Å². The minimum absolute atomic E-state index is 0.133. The number of nitrogens with one attached hydrogen (secondary N) is 1. The molecule has 3 rings (SSSR count). The van der Waals surface area contributed by atoms with Crippen LogP contribution in [0.25, 0.3) is 5.95 Å². The number of nitrogens with zero attached hydrogens (tertiary/aromatic N) is 5. The smallest absolute Gasteiger partial charge is 0.257 e. The molecule has 2 heterocycles. The molecule has 0 atom stereocenters. The van der Waals surface area contributed by atoms with Crippen LogP contribution in [0.2, 0.25) is 5.02 Å². The molecule has 0 saturated carbocycles. The molecule has 7 nitrogen and oxygen atoms in total. The second-order valence-corrected chi connectivity index (χ2v) is 4.68. The summed E-state index contributed by atoms with van der Waals surface area (Å²) in [7, 11) is 0. The predicted molar refractivity (Wildman–Crippen MR) is 80.1 cm³/mol. The van der Waals surface area contributed by atoms with Gasteiger partial charge in [0.15, 0.2) is 0 Å². The van der Waals surface area contributed by atoms with E-state index in [1.165, 1.54) is 4.68 Å². The molecule has 0 saturated heterocycles. The molecule has 106 valence electrons. The van der Waals surface area contributed by atoms with Crippen molar-refractivity contribution in [2.45, 2.75) is 6.54 Å². The number of aromatic nitrogens is 5. The van der Waals surface area contributed by atoms with Crippen molar-refractivity contribution < 1.29 is 0 Å². The van der Waals surface area contributed by atoms with Crippen LogP contribution in [0.1, 0.15) is 5.56 Å². The average molecular weight is 302 g/mol. The van der Waals surface area contributed by atoms with Gasteiger partial charge in [-0.2, -0.15) is 20.1 Å². The lowest BCUT2D eigenvalue weighted by molar-refractivity contribution is 0.798. The third kappa shape index (κ3) is 3.26. The second kappa shape index (κ2) is 5.76. The number of nitrogens with two attached hydrogens (primary N) is 1. The molecule has 0 spiro atoms. The molecule has 3 N–H and O–H groups in total. The Bertz CT molecular complexity index is 725. The van der Waals surface area contributed by atoms with E-state index in [1.54, 1.807) is 18.5 Å². The molecule has 0 unspecified atom stereocenters. The summed E-state index contributed by atoms with van der Waals surface area (Å²) < 4.78 is 1.52. The van der Waals surface area contributed by atoms with Gasteiger partial charge in [0.25, 0.3) is 5.95 Å². The van der Waals surface area contributed by atoms with Gasteiger partial charge in [-0.25, -0.2) is 4.68 Å². The minimum Gasteiger partial charge on any atom is -0.368 e. The highest BCUT2D eigenvalue weighted by Gasteiger charge is 2.06. The maximum Gasteiger partial charge on any atom is 0.257 e. The number of rotatable bonds is 4. The van der Waals surface area contributed by atoms with E-state index in [1.807, 2.05) is 24.3 Å². The van der Waals surface area contributed by atoms with Gasteiger partial charge >= 0.3 is 0 Å². The van der Waals surface area contributed by atoms with Gasteiger partial charge in [-0.05, 0) is 23.8 Å². The summed E-state index contributed by atoms with van der Waals surface area (Å²) in [5.74, 6) is 0.892. The van der Waals surface area contributed by atoms with E-state index in [2.05, 4.69) is 25.4 Å². The molecule has 21 heavy (non-hydrogen) atoms. The molecular weight excluding hydrogens is 290 g/mol. The number of benzene rings is 1. The molecule has 3 aromatic rings. The van der Waals surface area contributed by atoms with Crippen LogP contribution in [0.15, 0.2) is 42.7 Å². The molecule has 1 aromatic carbocycles. The van der Waals surface area contributed by atoms with E-state index in [4.69, 9.17) is 17.3 Å². The van der Waals surface area contributed by atoms with Gasteiger partial charge in [0.2, 0.25) is 11.9 Å². The lowest BCUT2D eigenvalue weighted by atomic mass is 10.2. The highest BCUT2D eigenvalue weighted by Crippen LogP contribution is 2.11. The second-order valence-electron chi connectivity index (χ2n) is 4.25. The number of hydrogen-bond acceptors (Lipinski definition) is 6. The van der Waals surface area contributed by atoms with E-state index < -0.39 is 0 Å². The molecule has 0 fully saturated rings. The third-order valence-corrected chi connectivity index (χ3v) is 2.97. The average Bonchev–Trinajstić information content (AvgIpc) is 3.00. The Morgan fingerprint density at radius 1 is 1.14 bits per heavy atom. The van der Waals surface area contributed by atoms with Crippen LogP contribution in [-0.2, 0) is 6.54 Å². The van der Waals surface area contributed by atoms with E-state index in [-0.39, 0.29) is 5.95 Å². The van der Waals surface area contributed by atoms with Gasteiger partial charge < -0.3 is 11.1 Å². The summed E-state index contributed by atoms with van der Waals surface area (Å²) in [6.07, 6.45) is 3.37. The number of anilines is 2. The zero-order chi connectivity index (χ0) is 14.7. The Kier molecular flexibility index (Phi) is 3.65. The van der Waals surface area contributed by atoms with Crippen LogP contribution >= 0.6 is 11.6 Å². The molecule has 0 amide bonds. The molecular formula is C13H12ClN7. The molecule has 8 heteroatoms. The standard InChI is InChI=1S/C13H12ClN7/c14-10-4-2-9(3-5-10)8-16-12-18-11(15)19-13(20-12)21-7-1-6-17-21/h1-7H,8H2,(H3,15,16,18,19,20). The minimum atomic E-state index is 0.133. The quantitative estimate of drug-likeness (QED) is 0.764. The Labute approximate surface area is 125 Å². The van der Waals surface area contributed by atoms with Gasteiger partial charge in [-0.3, -0.25) is 0 Å². The van der Waals surface area contributed by atoms with Gasteiger partial charge in [0.05, 0.1) is 0 Å². The predicted octanol–water partition coefficient (Wildman–Crippen LogP) is 1.91. The summed E-state index contributed by atoms with van der Waals surface area (Å²) in [5, 5.41) is 7.86. The number of hydrogen-bond donors (Lipinski definition) is 2. The van der Waals surface area contributed by atoms with Crippen molar-refractivity contribution in [3.8, 4) is 5.95 Å². The Morgan fingerprint density at radius 3 is 2.67 bits per heavy atom. The molecule has 0 aliphatic rings. The van der Waals surface area contributed by atoms with Crippen LogP contribution in [0, 0.1) is 0 Å². The summed E-state index contributed by atoms with van der Waals surface area (Å²) in [6, 6.07) is 9.29. The molecule has 0 bridgehead atoms. The van der Waals surface area contributed by atoms with Crippen molar-refractivity contribution in [3.05, 3.63) is 53.3 Å². The van der Waals surface area contributed by atoms with Crippen LogP contribution < -0.4 is 11.1 Å². The SMILES string of the molecule is Nc1nc(NCc2ccc(Cl)cc2)nc(-n2cccn2)n1. The maximum absolute atomic E-state index is 5.85. The van der Waals surface area contributed by atoms with Gasteiger partial charge in [0.1, 0.15) is 0 Å². The van der Waals surface area contributed by atoms with Crippen molar-refractivity contribution in [2.75, 3.05) is 11.1 Å². The largest absolute Gasteiger partial charge is 0.368 e. The fraction of sp³-hybridized carbons (Fsp3) is 0.0769. The normalized spacial score (nSPS) is 10.5. The van der Waals surface area contributed by atoms with E-state index in [0.29, 0.717) is 23.5 Å². The first kappa shape index (κ1) is 13.3. The Morgan fingerprint density at radius 2 is 1.95 bits per heavy atom. The zero-order valence-corrected chi connectivity index (χ0v) is 11.7. The first-order chi connectivity index (χ1) is 10.2. The monoisotopic (exact) mass is 301 g/mol. The van der Waals surface area contributed by atoms with Gasteiger partial charge in [-0.15, -0.1) is 0 Å². The van der Waals surface area contributed by atoms with Crippen LogP contribution in [0.3, 0.4) is 0 Å². The summed E-state index contributed by atoms with van der Waals surface area (Å²) in [4.78, 5) is 12.4. The molecule has 2 aromatic heterocycles. The Balaban J connectivity index is 1.78. The summed E-state index contributed by atoms with van der Waals surface area (Å²) in [6.45, 7) is 0.555. The number of halogens is 1. The van der Waals surface area contributed by atoms with Gasteiger partial charge in [0, 0.05) is 24.0 Å². The highest BCUT2D eigenvalue weighted by atomic mass is 35.5. The van der Waals surface area contributed by atoms with Crippen LogP contribution in [0.4, 0.5) is 11.9 Å². The van der Waals surface area contributed by atoms with Crippen molar-refractivity contribution in [1.29, 1.82) is 0 Å². The lowest BCUT2D eigenvalue weighted by Gasteiger charge is -2.07. The van der Waals surface area contributed by atoms with E-state index in [9.17, 15) is 0 Å². The lowest BCUT2D eigenvalue weighted by Crippen LogP contribution is -2.11. The molecule has 0 radical (unpaired) electrons. The van der Waals surface area contributed by atoms with Crippen molar-refractivity contribution in [2.24, 2.45) is 0 Å². The Hall–Kier alpha value is -2.67. The van der Waals surface area contributed by atoms with Crippen molar-refractivity contribution in [1.82, 2.24) is 24.7 Å². The summed E-state index contributed by atoms with van der Waals surface area (Å²) in [5.41, 5.74) is 6.75. The number of nitrogen functional groups attached to an aromatic ring is 1. The van der Waals surface area contributed by atoms with Crippen LogP contribution in [-0.4, -0.2) is 24.7 Å². The van der Waals surface area contributed by atoms with Crippen molar-refractivity contribution in [3.63, 3.8) is 0 Å². The highest BCUT2D eigenvalue weighted by molar-refractivity contribution is 6.30. The first-order valence-electron chi connectivity index (χ1n) is 6.20. The topological polar surface area (TPSA) is 94.5 Å². The third-order valence-electron chi connectivity index (χ3n) is 2.71. The zero-order valence-electron chi connectivity index (χ0n) is 10.9. The summed E-state index contributed by atoms with van der Waals surface area (Å²) >= 11 is 5.85. The van der Waals surface area contributed by atoms with E-state index >= 15 is 0 Å². The maximum atomic E-state index is 5.85. The van der Waals surface area contributed by atoms with E-state index in [0.717, 1.165) is 5.56 Å². The van der Waals surface area contributed by atoms with Gasteiger partial charge in [-0.1, -0.05) is 23.7 Å². The van der Waals surface area contributed by atoms with Crippen LogP contribution in [0.5, 0.6) is 0 Å². The fourth-order valence-corrected chi connectivity index (χ4v) is 1.86.